The average molecular weight is 411 g/mol. The van der Waals surface area contributed by atoms with E-state index in [1.807, 2.05) is 48.5 Å². The highest BCUT2D eigenvalue weighted by molar-refractivity contribution is 7.91. The summed E-state index contributed by atoms with van der Waals surface area (Å²) in [6.45, 7) is 2.21. The third kappa shape index (κ3) is 4.77. The first-order valence-corrected chi connectivity index (χ1v) is 11.9. The van der Waals surface area contributed by atoms with Crippen molar-refractivity contribution in [1.82, 2.24) is 10.2 Å². The summed E-state index contributed by atoms with van der Waals surface area (Å²) in [6, 6.07) is 15.6. The molecule has 0 bridgehead atoms. The van der Waals surface area contributed by atoms with E-state index in [2.05, 4.69) is 11.4 Å². The number of rotatable bonds is 5. The molecule has 0 aromatic heterocycles. The minimum Gasteiger partial charge on any atom is -0.331 e. The quantitative estimate of drug-likeness (QED) is 0.770. The van der Waals surface area contributed by atoms with E-state index in [0.717, 1.165) is 30.6 Å². The highest BCUT2D eigenvalue weighted by atomic mass is 32.2. The van der Waals surface area contributed by atoms with Gasteiger partial charge in [-0.15, -0.1) is 0 Å². The van der Waals surface area contributed by atoms with Crippen LogP contribution in [0.25, 0.3) is 6.08 Å². The molecule has 1 fully saturated rings. The van der Waals surface area contributed by atoms with Gasteiger partial charge in [0, 0.05) is 25.2 Å². The van der Waals surface area contributed by atoms with Crippen LogP contribution in [0.3, 0.4) is 0 Å². The number of amides is 1. The van der Waals surface area contributed by atoms with Gasteiger partial charge < -0.3 is 10.2 Å². The lowest BCUT2D eigenvalue weighted by Crippen LogP contribution is -2.39. The fraction of sp³-hybridized carbons (Fsp3) is 0.348. The van der Waals surface area contributed by atoms with E-state index in [4.69, 9.17) is 0 Å². The summed E-state index contributed by atoms with van der Waals surface area (Å²) in [4.78, 5) is 14.8. The number of sulfone groups is 1. The second-order valence-corrected chi connectivity index (χ2v) is 9.98. The monoisotopic (exact) mass is 410 g/mol. The van der Waals surface area contributed by atoms with Gasteiger partial charge in [0.05, 0.1) is 11.5 Å². The molecule has 1 saturated heterocycles. The van der Waals surface area contributed by atoms with Crippen molar-refractivity contribution in [3.63, 3.8) is 0 Å². The summed E-state index contributed by atoms with van der Waals surface area (Å²) >= 11 is 0. The van der Waals surface area contributed by atoms with E-state index in [9.17, 15) is 13.2 Å². The van der Waals surface area contributed by atoms with E-state index in [1.165, 1.54) is 11.1 Å². The average Bonchev–Trinajstić information content (AvgIpc) is 3.10. The van der Waals surface area contributed by atoms with Crippen LogP contribution in [0.5, 0.6) is 0 Å². The molecule has 1 unspecified atom stereocenters. The third-order valence-electron chi connectivity index (χ3n) is 5.71. The molecule has 0 saturated carbocycles. The zero-order chi connectivity index (χ0) is 20.3. The lowest BCUT2D eigenvalue weighted by atomic mass is 9.95. The highest BCUT2D eigenvalue weighted by Gasteiger charge is 2.34. The summed E-state index contributed by atoms with van der Waals surface area (Å²) in [6.07, 6.45) is 4.93. The van der Waals surface area contributed by atoms with Gasteiger partial charge in [-0.2, -0.15) is 0 Å². The van der Waals surface area contributed by atoms with Crippen molar-refractivity contribution in [2.24, 2.45) is 0 Å². The number of hydrogen-bond donors (Lipinski definition) is 1. The van der Waals surface area contributed by atoms with E-state index in [-0.39, 0.29) is 23.5 Å². The van der Waals surface area contributed by atoms with Crippen molar-refractivity contribution in [2.45, 2.75) is 32.0 Å². The maximum absolute atomic E-state index is 13.1. The van der Waals surface area contributed by atoms with Crippen LogP contribution < -0.4 is 5.32 Å². The molecule has 0 radical (unpaired) electrons. The van der Waals surface area contributed by atoms with Crippen LogP contribution in [-0.4, -0.2) is 43.3 Å². The fourth-order valence-corrected chi connectivity index (χ4v) is 5.89. The Morgan fingerprint density at radius 1 is 1.14 bits per heavy atom. The third-order valence-corrected chi connectivity index (χ3v) is 7.46. The molecule has 4 rings (SSSR count). The Bertz CT molecular complexity index is 1020. The summed E-state index contributed by atoms with van der Waals surface area (Å²) < 4.78 is 24.0. The Morgan fingerprint density at radius 2 is 1.97 bits per heavy atom. The Labute approximate surface area is 172 Å². The van der Waals surface area contributed by atoms with E-state index in [1.54, 1.807) is 11.0 Å². The Hall–Kier alpha value is -2.44. The van der Waals surface area contributed by atoms with Gasteiger partial charge in [-0.05, 0) is 47.7 Å². The number of nitrogens with zero attached hydrogens (tertiary/aromatic N) is 1. The molecule has 2 aromatic carbocycles. The number of carbonyl (C=O) groups excluding carboxylic acids is 1. The molecule has 152 valence electrons. The first-order valence-electron chi connectivity index (χ1n) is 10.1. The number of fused-ring (bicyclic) bond motifs is 1. The van der Waals surface area contributed by atoms with Crippen LogP contribution in [0.1, 0.15) is 28.7 Å². The molecule has 29 heavy (non-hydrogen) atoms. The predicted molar refractivity (Wildman–Crippen MR) is 115 cm³/mol. The molecule has 2 aromatic rings. The molecule has 1 N–H and O–H groups in total. The maximum atomic E-state index is 13.1. The fourth-order valence-electron chi connectivity index (χ4n) is 4.16. The molecule has 2 aliphatic heterocycles. The first-order chi connectivity index (χ1) is 14.0. The van der Waals surface area contributed by atoms with Gasteiger partial charge in [-0.3, -0.25) is 4.79 Å². The highest BCUT2D eigenvalue weighted by Crippen LogP contribution is 2.23. The van der Waals surface area contributed by atoms with E-state index >= 15 is 0 Å². The van der Waals surface area contributed by atoms with Crippen molar-refractivity contribution in [3.05, 3.63) is 76.9 Å². The number of benzene rings is 2. The summed E-state index contributed by atoms with van der Waals surface area (Å²) in [5.41, 5.74) is 4.62. The number of carbonyl (C=O) groups is 1. The lowest BCUT2D eigenvalue weighted by molar-refractivity contribution is -0.128. The zero-order valence-corrected chi connectivity index (χ0v) is 17.2. The van der Waals surface area contributed by atoms with E-state index < -0.39 is 9.84 Å². The van der Waals surface area contributed by atoms with Crippen LogP contribution in [0.4, 0.5) is 0 Å². The van der Waals surface area contributed by atoms with Gasteiger partial charge in [-0.1, -0.05) is 48.5 Å². The normalized spacial score (nSPS) is 20.5. The van der Waals surface area contributed by atoms with Gasteiger partial charge in [0.25, 0.3) is 0 Å². The van der Waals surface area contributed by atoms with Crippen LogP contribution in [0, 0.1) is 0 Å². The molecule has 0 aliphatic carbocycles. The SMILES string of the molecule is O=C(/C=C/c1cccc2c1CCNC2)N(Cc1ccccc1)C1CCS(=O)(=O)C1. The Kier molecular flexibility index (Phi) is 5.83. The topological polar surface area (TPSA) is 66.5 Å². The van der Waals surface area contributed by atoms with Gasteiger partial charge in [0.2, 0.25) is 5.91 Å². The molecule has 5 nitrogen and oxygen atoms in total. The van der Waals surface area contributed by atoms with Gasteiger partial charge >= 0.3 is 0 Å². The van der Waals surface area contributed by atoms with Gasteiger partial charge in [-0.25, -0.2) is 8.42 Å². The smallest absolute Gasteiger partial charge is 0.247 e. The van der Waals surface area contributed by atoms with Crippen LogP contribution >= 0.6 is 0 Å². The van der Waals surface area contributed by atoms with Crippen molar-refractivity contribution in [1.29, 1.82) is 0 Å². The van der Waals surface area contributed by atoms with Gasteiger partial charge in [0.1, 0.15) is 0 Å². The lowest BCUT2D eigenvalue weighted by Gasteiger charge is -2.27. The molecule has 2 aliphatic rings. The summed E-state index contributed by atoms with van der Waals surface area (Å²) in [5.74, 6) is 0.0628. The molecule has 6 heteroatoms. The van der Waals surface area contributed by atoms with Crippen LogP contribution in [-0.2, 0) is 34.1 Å². The molecular formula is C23H26N2O3S. The molecule has 2 heterocycles. The number of hydrogen-bond acceptors (Lipinski definition) is 4. The summed E-state index contributed by atoms with van der Waals surface area (Å²) in [7, 11) is -3.07. The molecular weight excluding hydrogens is 384 g/mol. The molecule has 1 amide bonds. The van der Waals surface area contributed by atoms with Crippen molar-refractivity contribution >= 4 is 21.8 Å². The second kappa shape index (κ2) is 8.51. The standard InChI is InChI=1S/C23H26N2O3S/c26-23(10-9-19-7-4-8-20-15-24-13-11-22(19)20)25(16-18-5-2-1-3-6-18)21-12-14-29(27,28)17-21/h1-10,21,24H,11-17H2/b10-9+. The molecule has 1 atom stereocenters. The van der Waals surface area contributed by atoms with Crippen molar-refractivity contribution in [2.75, 3.05) is 18.1 Å². The maximum Gasteiger partial charge on any atom is 0.247 e. The minimum atomic E-state index is -3.07. The number of nitrogens with one attached hydrogen (secondary N) is 1. The van der Waals surface area contributed by atoms with Crippen molar-refractivity contribution < 1.29 is 13.2 Å². The van der Waals surface area contributed by atoms with Crippen molar-refractivity contribution in [3.8, 4) is 0 Å². The zero-order valence-electron chi connectivity index (χ0n) is 16.4. The molecule has 0 spiro atoms. The largest absolute Gasteiger partial charge is 0.331 e. The van der Waals surface area contributed by atoms with Crippen LogP contribution in [0.15, 0.2) is 54.6 Å². The second-order valence-electron chi connectivity index (χ2n) is 7.75. The Balaban J connectivity index is 1.57. The Morgan fingerprint density at radius 3 is 2.72 bits per heavy atom. The minimum absolute atomic E-state index is 0.0474. The van der Waals surface area contributed by atoms with E-state index in [0.29, 0.717) is 13.0 Å². The first kappa shape index (κ1) is 19.9. The van der Waals surface area contributed by atoms with Crippen LogP contribution in [0.2, 0.25) is 0 Å². The summed E-state index contributed by atoms with van der Waals surface area (Å²) in [5, 5.41) is 3.37. The predicted octanol–water partition coefficient (Wildman–Crippen LogP) is 2.56. The van der Waals surface area contributed by atoms with Gasteiger partial charge in [0.15, 0.2) is 9.84 Å².